The molecule has 4 N–H and O–H groups in total. The molecule has 1 aliphatic heterocycles. The molecule has 0 spiro atoms. The highest BCUT2D eigenvalue weighted by Gasteiger charge is 2.38. The molecular weight excluding hydrogens is 645 g/mol. The van der Waals surface area contributed by atoms with Gasteiger partial charge in [-0.25, -0.2) is 14.0 Å². The van der Waals surface area contributed by atoms with E-state index in [0.717, 1.165) is 56.0 Å². The number of likely N-dealkylation sites (tertiary alicyclic amines) is 1. The number of rotatable bonds is 11. The molecule has 3 rings (SSSR count). The molecule has 0 aliphatic carbocycles. The maximum atomic E-state index is 13.5. The van der Waals surface area contributed by atoms with E-state index in [0.29, 0.717) is 24.8 Å². The Kier molecular flexibility index (Phi) is 16.6. The van der Waals surface area contributed by atoms with Gasteiger partial charge in [-0.15, -0.1) is 0 Å². The number of carboxylic acid groups (broad SMARTS) is 3. The molecule has 2 aromatic carbocycles. The molecule has 0 atom stereocenters. The minimum absolute atomic E-state index is 0.000262. The lowest BCUT2D eigenvalue weighted by atomic mass is 10.0. The number of aryl methyl sites for hydroxylation is 1. The van der Waals surface area contributed by atoms with E-state index in [1.54, 1.807) is 6.07 Å². The van der Waals surface area contributed by atoms with Crippen LogP contribution >= 0.6 is 11.6 Å². The van der Waals surface area contributed by atoms with Gasteiger partial charge in [0, 0.05) is 30.1 Å². The van der Waals surface area contributed by atoms with Crippen molar-refractivity contribution in [3.05, 3.63) is 64.4 Å². The van der Waals surface area contributed by atoms with Crippen LogP contribution in [0.25, 0.3) is 0 Å². The minimum atomic E-state index is -5.08. The predicted molar refractivity (Wildman–Crippen MR) is 148 cm³/mol. The van der Waals surface area contributed by atoms with Crippen molar-refractivity contribution in [1.29, 1.82) is 0 Å². The summed E-state index contributed by atoms with van der Waals surface area (Å²) in [6.07, 6.45) is -6.81. The van der Waals surface area contributed by atoms with Crippen LogP contribution in [0, 0.1) is 5.82 Å². The zero-order chi connectivity index (χ0) is 34.2. The highest BCUT2D eigenvalue weighted by atomic mass is 35.5. The SMILES string of the molecule is O=C(O)C(F)(F)F.O=C(O)C(F)(F)F.O=C(O)CCc1ccc(F)cc1OCCCNC1CCN(Cc2ccc(Cl)cc2)CC1. The lowest BCUT2D eigenvalue weighted by molar-refractivity contribution is -0.193. The molecule has 9 nitrogen and oxygen atoms in total. The van der Waals surface area contributed by atoms with E-state index < -0.39 is 30.3 Å². The number of piperidine rings is 1. The molecule has 1 fully saturated rings. The number of hydrogen-bond donors (Lipinski definition) is 4. The van der Waals surface area contributed by atoms with Crippen molar-refractivity contribution < 1.29 is 65.2 Å². The highest BCUT2D eigenvalue weighted by molar-refractivity contribution is 6.30. The summed E-state index contributed by atoms with van der Waals surface area (Å²) in [6.45, 7) is 4.38. The molecule has 2 aromatic rings. The quantitative estimate of drug-likeness (QED) is 0.172. The van der Waals surface area contributed by atoms with Crippen molar-refractivity contribution >= 4 is 29.5 Å². The Morgan fingerprint density at radius 3 is 1.93 bits per heavy atom. The van der Waals surface area contributed by atoms with Gasteiger partial charge in [0.15, 0.2) is 0 Å². The average Bonchev–Trinajstić information content (AvgIpc) is 2.94. The molecule has 1 heterocycles. The molecule has 0 saturated carbocycles. The fourth-order valence-corrected chi connectivity index (χ4v) is 3.94. The van der Waals surface area contributed by atoms with E-state index in [1.807, 2.05) is 12.1 Å². The number of carbonyl (C=O) groups is 3. The number of alkyl halides is 6. The van der Waals surface area contributed by atoms with E-state index in [1.165, 1.54) is 17.7 Å². The molecule has 0 aromatic heterocycles. The smallest absolute Gasteiger partial charge is 0.490 e. The summed E-state index contributed by atoms with van der Waals surface area (Å²) in [4.78, 5) is 31.1. The van der Waals surface area contributed by atoms with Crippen LogP contribution in [0.2, 0.25) is 5.02 Å². The number of carboxylic acids is 3. The third kappa shape index (κ3) is 17.4. The molecule has 252 valence electrons. The fraction of sp³-hybridized carbons (Fsp3) is 0.464. The van der Waals surface area contributed by atoms with Gasteiger partial charge in [0.2, 0.25) is 0 Å². The number of hydrogen-bond acceptors (Lipinski definition) is 6. The number of nitrogens with zero attached hydrogens (tertiary/aromatic N) is 1. The molecular formula is C28H32ClF7N2O7. The zero-order valence-electron chi connectivity index (χ0n) is 23.6. The van der Waals surface area contributed by atoms with Gasteiger partial charge < -0.3 is 25.4 Å². The maximum Gasteiger partial charge on any atom is 0.490 e. The van der Waals surface area contributed by atoms with Crippen molar-refractivity contribution in [2.75, 3.05) is 26.2 Å². The first-order valence-electron chi connectivity index (χ1n) is 13.3. The monoisotopic (exact) mass is 676 g/mol. The van der Waals surface area contributed by atoms with E-state index in [2.05, 4.69) is 22.3 Å². The van der Waals surface area contributed by atoms with E-state index in [4.69, 9.17) is 41.2 Å². The molecule has 1 saturated heterocycles. The number of ether oxygens (including phenoxy) is 1. The second kappa shape index (κ2) is 19.0. The fourth-order valence-electron chi connectivity index (χ4n) is 3.81. The first-order chi connectivity index (χ1) is 20.9. The second-order valence-corrected chi connectivity index (χ2v) is 10.0. The van der Waals surface area contributed by atoms with Crippen molar-refractivity contribution in [3.8, 4) is 5.75 Å². The first kappa shape index (κ1) is 39.4. The van der Waals surface area contributed by atoms with Gasteiger partial charge >= 0.3 is 30.3 Å². The third-order valence-electron chi connectivity index (χ3n) is 6.04. The lowest BCUT2D eigenvalue weighted by Gasteiger charge is -2.32. The number of benzene rings is 2. The maximum absolute atomic E-state index is 13.5. The third-order valence-corrected chi connectivity index (χ3v) is 6.29. The van der Waals surface area contributed by atoms with Crippen LogP contribution in [0.3, 0.4) is 0 Å². The molecule has 0 radical (unpaired) electrons. The van der Waals surface area contributed by atoms with Crippen LogP contribution in [0.1, 0.15) is 36.8 Å². The number of nitrogens with one attached hydrogen (secondary N) is 1. The topological polar surface area (TPSA) is 136 Å². The summed E-state index contributed by atoms with van der Waals surface area (Å²) in [5, 5.41) is 27.5. The van der Waals surface area contributed by atoms with Crippen LogP contribution in [-0.2, 0) is 27.3 Å². The molecule has 17 heteroatoms. The largest absolute Gasteiger partial charge is 0.493 e. The Bertz CT molecular complexity index is 1200. The van der Waals surface area contributed by atoms with E-state index in [-0.39, 0.29) is 12.2 Å². The summed E-state index contributed by atoms with van der Waals surface area (Å²) in [7, 11) is 0. The van der Waals surface area contributed by atoms with Gasteiger partial charge in [0.05, 0.1) is 6.61 Å². The van der Waals surface area contributed by atoms with Crippen LogP contribution in [-0.4, -0.2) is 82.8 Å². The van der Waals surface area contributed by atoms with Crippen LogP contribution in [0.5, 0.6) is 5.75 Å². The van der Waals surface area contributed by atoms with Gasteiger partial charge in [-0.2, -0.15) is 26.3 Å². The standard InChI is InChI=1S/C24H30ClFN2O3.2C2HF3O2/c25-20-6-2-18(3-7-20)17-28-13-10-22(11-14-28)27-12-1-15-31-23-16-21(26)8-4-19(23)5-9-24(29)30;2*3-2(4,5)1(6)7/h2-4,6-8,16,22,27H,1,5,9-15,17H2,(H,29,30);2*(H,6,7). The lowest BCUT2D eigenvalue weighted by Crippen LogP contribution is -2.42. The second-order valence-electron chi connectivity index (χ2n) is 9.58. The predicted octanol–water partition coefficient (Wildman–Crippen LogP) is 5.79. The normalized spacial score (nSPS) is 14.0. The van der Waals surface area contributed by atoms with Gasteiger partial charge in [-0.3, -0.25) is 9.69 Å². The van der Waals surface area contributed by atoms with Gasteiger partial charge in [-0.05, 0) is 74.6 Å². The zero-order valence-corrected chi connectivity index (χ0v) is 24.4. The number of aliphatic carboxylic acids is 3. The van der Waals surface area contributed by atoms with Crippen molar-refractivity contribution in [2.24, 2.45) is 0 Å². The van der Waals surface area contributed by atoms with Crippen LogP contribution in [0.4, 0.5) is 30.7 Å². The Labute approximate surface area is 258 Å². The highest BCUT2D eigenvalue weighted by Crippen LogP contribution is 2.22. The molecule has 1 aliphatic rings. The van der Waals surface area contributed by atoms with Crippen molar-refractivity contribution in [3.63, 3.8) is 0 Å². The van der Waals surface area contributed by atoms with Crippen molar-refractivity contribution in [1.82, 2.24) is 10.2 Å². The molecule has 0 bridgehead atoms. The van der Waals surface area contributed by atoms with E-state index in [9.17, 15) is 35.5 Å². The summed E-state index contributed by atoms with van der Waals surface area (Å²) >= 11 is 5.95. The van der Waals surface area contributed by atoms with Crippen molar-refractivity contribution in [2.45, 2.75) is 57.0 Å². The first-order valence-corrected chi connectivity index (χ1v) is 13.7. The summed E-state index contributed by atoms with van der Waals surface area (Å²) in [5.41, 5.74) is 2.01. The Hall–Kier alpha value is -3.63. The van der Waals surface area contributed by atoms with Gasteiger partial charge in [0.1, 0.15) is 11.6 Å². The van der Waals surface area contributed by atoms with Crippen LogP contribution in [0.15, 0.2) is 42.5 Å². The summed E-state index contributed by atoms with van der Waals surface area (Å²) in [6, 6.07) is 12.8. The summed E-state index contributed by atoms with van der Waals surface area (Å²) < 4.78 is 82.7. The Balaban J connectivity index is 0.000000601. The number of halogens is 8. The van der Waals surface area contributed by atoms with E-state index >= 15 is 0 Å². The molecule has 0 amide bonds. The van der Waals surface area contributed by atoms with Gasteiger partial charge in [-0.1, -0.05) is 29.8 Å². The Morgan fingerprint density at radius 2 is 1.44 bits per heavy atom. The minimum Gasteiger partial charge on any atom is -0.493 e. The molecule has 45 heavy (non-hydrogen) atoms. The summed E-state index contributed by atoms with van der Waals surface area (Å²) in [5.74, 6) is -6.33. The van der Waals surface area contributed by atoms with Gasteiger partial charge in [0.25, 0.3) is 0 Å². The molecule has 0 unspecified atom stereocenters. The average molecular weight is 677 g/mol. The Morgan fingerprint density at radius 1 is 0.911 bits per heavy atom. The van der Waals surface area contributed by atoms with Crippen LogP contribution < -0.4 is 10.1 Å².